The molecule has 0 bridgehead atoms. The highest BCUT2D eigenvalue weighted by Gasteiger charge is 2.43. The first kappa shape index (κ1) is 27.6. The maximum atomic E-state index is 2.47. The Morgan fingerprint density at radius 2 is 0.682 bits per heavy atom. The highest BCUT2D eigenvalue weighted by Crippen LogP contribution is 2.38. The molecule has 7 aromatic rings. The molecular formula is C43H34Si. The maximum Gasteiger partial charge on any atom is 0.180 e. The molecule has 0 atom stereocenters. The lowest BCUT2D eigenvalue weighted by Crippen LogP contribution is -2.75. The van der Waals surface area contributed by atoms with Crippen molar-refractivity contribution < 1.29 is 0 Å². The molecule has 0 saturated carbocycles. The van der Waals surface area contributed by atoms with E-state index in [4.69, 9.17) is 0 Å². The minimum absolute atomic E-state index is 1.23. The van der Waals surface area contributed by atoms with Crippen molar-refractivity contribution >= 4 is 28.8 Å². The monoisotopic (exact) mass is 578 g/mol. The smallest absolute Gasteiger partial charge is 0.0623 e. The van der Waals surface area contributed by atoms with Crippen molar-refractivity contribution in [3.63, 3.8) is 0 Å². The molecule has 0 aliphatic carbocycles. The van der Waals surface area contributed by atoms with Crippen LogP contribution in [-0.2, 0) is 0 Å². The molecule has 0 aliphatic heterocycles. The Labute approximate surface area is 262 Å². The molecule has 0 N–H and O–H groups in total. The van der Waals surface area contributed by atoms with E-state index in [9.17, 15) is 0 Å². The van der Waals surface area contributed by atoms with E-state index in [1.165, 1.54) is 59.7 Å². The Balaban J connectivity index is 1.58. The number of hydrogen-bond donors (Lipinski definition) is 0. The number of benzene rings is 7. The normalized spacial score (nSPS) is 11.3. The van der Waals surface area contributed by atoms with Gasteiger partial charge in [0.05, 0.1) is 0 Å². The van der Waals surface area contributed by atoms with E-state index in [1.54, 1.807) is 0 Å². The van der Waals surface area contributed by atoms with Crippen molar-refractivity contribution in [1.29, 1.82) is 0 Å². The fraction of sp³-hybridized carbons (Fsp3) is 0.0233. The van der Waals surface area contributed by atoms with Crippen LogP contribution in [0.1, 0.15) is 5.56 Å². The standard InChI is InChI=1S/C43H34Si/c1-33-30-31-42(41-29-17-16-28-40(41)39-27-15-14-26-38(39)34-18-6-2-7-19-34)43(32-33)44(35-20-8-3-9-21-35,36-22-10-4-11-23-36)37-24-12-5-13-25-37/h2-32H,1H3. The molecule has 0 spiro atoms. The summed E-state index contributed by atoms with van der Waals surface area (Å²) in [4.78, 5) is 0. The summed E-state index contributed by atoms with van der Waals surface area (Å²) in [6, 6.07) is 69.2. The second-order valence-corrected chi connectivity index (χ2v) is 15.1. The van der Waals surface area contributed by atoms with E-state index >= 15 is 0 Å². The van der Waals surface area contributed by atoms with Gasteiger partial charge in [-0.25, -0.2) is 0 Å². The summed E-state index contributed by atoms with van der Waals surface area (Å²) >= 11 is 0. The zero-order valence-corrected chi connectivity index (χ0v) is 25.9. The largest absolute Gasteiger partial charge is 0.180 e. The van der Waals surface area contributed by atoms with Crippen LogP contribution in [0.3, 0.4) is 0 Å². The van der Waals surface area contributed by atoms with E-state index in [-0.39, 0.29) is 0 Å². The van der Waals surface area contributed by atoms with Crippen LogP contribution in [0.4, 0.5) is 0 Å². The quantitative estimate of drug-likeness (QED) is 0.132. The van der Waals surface area contributed by atoms with Gasteiger partial charge in [0.1, 0.15) is 0 Å². The van der Waals surface area contributed by atoms with Gasteiger partial charge in [-0.2, -0.15) is 0 Å². The van der Waals surface area contributed by atoms with Crippen LogP contribution in [0.5, 0.6) is 0 Å². The second-order valence-electron chi connectivity index (χ2n) is 11.4. The van der Waals surface area contributed by atoms with E-state index in [1.807, 2.05) is 0 Å². The van der Waals surface area contributed by atoms with Crippen molar-refractivity contribution in [2.24, 2.45) is 0 Å². The molecule has 0 unspecified atom stereocenters. The zero-order valence-electron chi connectivity index (χ0n) is 24.9. The lowest BCUT2D eigenvalue weighted by atomic mass is 9.89. The number of hydrogen-bond acceptors (Lipinski definition) is 0. The van der Waals surface area contributed by atoms with E-state index in [0.29, 0.717) is 0 Å². The fourth-order valence-electron chi connectivity index (χ4n) is 6.77. The van der Waals surface area contributed by atoms with Gasteiger partial charge in [0.15, 0.2) is 8.07 Å². The number of aryl methyl sites for hydroxylation is 1. The van der Waals surface area contributed by atoms with Crippen LogP contribution in [0.25, 0.3) is 33.4 Å². The molecule has 0 radical (unpaired) electrons. The molecule has 0 aromatic heterocycles. The van der Waals surface area contributed by atoms with Crippen molar-refractivity contribution in [3.8, 4) is 33.4 Å². The van der Waals surface area contributed by atoms with Crippen LogP contribution in [-0.4, -0.2) is 8.07 Å². The summed E-state index contributed by atoms with van der Waals surface area (Å²) in [5, 5.41) is 5.55. The van der Waals surface area contributed by atoms with E-state index < -0.39 is 8.07 Å². The molecule has 1 heteroatoms. The second kappa shape index (κ2) is 12.2. The predicted octanol–water partition coefficient (Wildman–Crippen LogP) is 8.37. The van der Waals surface area contributed by atoms with Gasteiger partial charge in [-0.1, -0.05) is 194 Å². The Hall–Kier alpha value is -5.24. The molecular weight excluding hydrogens is 545 g/mol. The molecule has 0 saturated heterocycles. The first-order valence-corrected chi connectivity index (χ1v) is 17.3. The highest BCUT2D eigenvalue weighted by atomic mass is 28.3. The van der Waals surface area contributed by atoms with Crippen molar-refractivity contribution in [2.45, 2.75) is 6.92 Å². The molecule has 7 rings (SSSR count). The summed E-state index contributed by atoms with van der Waals surface area (Å²) in [6.07, 6.45) is 0. The van der Waals surface area contributed by atoms with E-state index in [2.05, 4.69) is 195 Å². The SMILES string of the molecule is Cc1ccc(-c2ccccc2-c2ccccc2-c2ccccc2)c([Si](c2ccccc2)(c2ccccc2)c2ccccc2)c1. The fourth-order valence-corrected chi connectivity index (χ4v) is 11.9. The average molecular weight is 579 g/mol. The van der Waals surface area contributed by atoms with Crippen LogP contribution in [0.2, 0.25) is 0 Å². The Kier molecular flexibility index (Phi) is 7.63. The minimum Gasteiger partial charge on any atom is -0.0623 e. The molecule has 0 amide bonds. The summed E-state index contributed by atoms with van der Waals surface area (Å²) in [5.41, 5.74) is 8.77. The van der Waals surface area contributed by atoms with E-state index in [0.717, 1.165) is 0 Å². The lowest BCUT2D eigenvalue weighted by Gasteiger charge is -2.36. The first-order chi connectivity index (χ1) is 21.8. The molecule has 0 heterocycles. The van der Waals surface area contributed by atoms with Crippen molar-refractivity contribution in [2.75, 3.05) is 0 Å². The summed E-state index contributed by atoms with van der Waals surface area (Å²) in [5.74, 6) is 0. The molecule has 44 heavy (non-hydrogen) atoms. The van der Waals surface area contributed by atoms with Crippen LogP contribution in [0.15, 0.2) is 188 Å². The third kappa shape index (κ3) is 4.92. The van der Waals surface area contributed by atoms with Gasteiger partial charge in [-0.3, -0.25) is 0 Å². The van der Waals surface area contributed by atoms with Gasteiger partial charge in [-0.15, -0.1) is 0 Å². The van der Waals surface area contributed by atoms with Gasteiger partial charge in [0, 0.05) is 0 Å². The third-order valence-electron chi connectivity index (χ3n) is 8.72. The van der Waals surface area contributed by atoms with Gasteiger partial charge in [0.2, 0.25) is 0 Å². The number of rotatable bonds is 7. The van der Waals surface area contributed by atoms with Crippen LogP contribution in [0, 0.1) is 6.92 Å². The Morgan fingerprint density at radius 1 is 0.318 bits per heavy atom. The van der Waals surface area contributed by atoms with Gasteiger partial charge in [-0.05, 0) is 61.1 Å². The Bertz CT molecular complexity index is 1900. The molecule has 0 fully saturated rings. The minimum atomic E-state index is -2.76. The topological polar surface area (TPSA) is 0 Å². The van der Waals surface area contributed by atoms with Crippen LogP contribution < -0.4 is 20.7 Å². The molecule has 210 valence electrons. The van der Waals surface area contributed by atoms with Gasteiger partial charge in [0.25, 0.3) is 0 Å². The Morgan fingerprint density at radius 3 is 1.16 bits per heavy atom. The van der Waals surface area contributed by atoms with Gasteiger partial charge >= 0.3 is 0 Å². The average Bonchev–Trinajstić information content (AvgIpc) is 3.11. The summed E-state index contributed by atoms with van der Waals surface area (Å²) < 4.78 is 0. The summed E-state index contributed by atoms with van der Waals surface area (Å²) in [6.45, 7) is 2.23. The summed E-state index contributed by atoms with van der Waals surface area (Å²) in [7, 11) is -2.76. The zero-order chi connectivity index (χ0) is 29.8. The van der Waals surface area contributed by atoms with Crippen molar-refractivity contribution in [3.05, 3.63) is 194 Å². The first-order valence-electron chi connectivity index (χ1n) is 15.3. The maximum absolute atomic E-state index is 2.76. The highest BCUT2D eigenvalue weighted by molar-refractivity contribution is 7.20. The van der Waals surface area contributed by atoms with Crippen molar-refractivity contribution in [1.82, 2.24) is 0 Å². The molecule has 0 nitrogen and oxygen atoms in total. The van der Waals surface area contributed by atoms with Gasteiger partial charge < -0.3 is 0 Å². The van der Waals surface area contributed by atoms with Crippen LogP contribution >= 0.6 is 0 Å². The third-order valence-corrected chi connectivity index (χ3v) is 13.5. The molecule has 0 aliphatic rings. The lowest BCUT2D eigenvalue weighted by molar-refractivity contribution is 1.48. The molecule has 7 aromatic carbocycles. The predicted molar refractivity (Wildman–Crippen MR) is 191 cm³/mol.